The molecule has 0 radical (unpaired) electrons. The molecule has 3 heterocycles. The third-order valence-electron chi connectivity index (χ3n) is 4.25. The number of nitrogens with zero attached hydrogens (tertiary/aromatic N) is 6. The van der Waals surface area contributed by atoms with E-state index in [0.717, 1.165) is 79.7 Å². The monoisotopic (exact) mass is 521 g/mol. The first-order chi connectivity index (χ1) is 12.7. The van der Waals surface area contributed by atoms with Crippen molar-refractivity contribution < 1.29 is 0 Å². The molecule has 7 nitrogen and oxygen atoms in total. The van der Waals surface area contributed by atoms with Crippen LogP contribution in [0, 0.1) is 6.92 Å². The Morgan fingerprint density at radius 2 is 2.00 bits per heavy atom. The van der Waals surface area contributed by atoms with Crippen molar-refractivity contribution in [2.24, 2.45) is 4.99 Å². The summed E-state index contributed by atoms with van der Waals surface area (Å²) in [6.45, 7) is 11.7. The molecule has 0 spiro atoms. The average Bonchev–Trinajstić information content (AvgIpc) is 3.30. The molecule has 2 aromatic rings. The molecule has 1 saturated heterocycles. The molecule has 27 heavy (non-hydrogen) atoms. The van der Waals surface area contributed by atoms with Gasteiger partial charge in [-0.15, -0.1) is 35.3 Å². The topological polar surface area (TPSA) is 69.5 Å². The lowest BCUT2D eigenvalue weighted by atomic mass is 10.3. The Kier molecular flexibility index (Phi) is 9.16. The second-order valence-corrected chi connectivity index (χ2v) is 7.96. The molecular formula is C17H28IN7S2. The lowest BCUT2D eigenvalue weighted by Gasteiger charge is -2.36. The Bertz CT molecular complexity index is 722. The van der Waals surface area contributed by atoms with E-state index in [1.807, 2.05) is 6.92 Å². The van der Waals surface area contributed by atoms with E-state index in [4.69, 9.17) is 4.99 Å². The maximum Gasteiger partial charge on any atom is 0.205 e. The highest BCUT2D eigenvalue weighted by Gasteiger charge is 2.22. The fraction of sp³-hybridized carbons (Fsp3) is 0.647. The number of piperazine rings is 1. The highest BCUT2D eigenvalue weighted by molar-refractivity contribution is 14.0. The number of hydrogen-bond acceptors (Lipinski definition) is 7. The van der Waals surface area contributed by atoms with Gasteiger partial charge in [-0.2, -0.15) is 4.37 Å². The van der Waals surface area contributed by atoms with Crippen molar-refractivity contribution in [3.63, 3.8) is 0 Å². The van der Waals surface area contributed by atoms with Gasteiger partial charge >= 0.3 is 0 Å². The van der Waals surface area contributed by atoms with Crippen LogP contribution < -0.4 is 10.2 Å². The Morgan fingerprint density at radius 1 is 1.22 bits per heavy atom. The summed E-state index contributed by atoms with van der Waals surface area (Å²) >= 11 is 3.21. The molecule has 0 amide bonds. The zero-order valence-corrected chi connectivity index (χ0v) is 20.1. The maximum absolute atomic E-state index is 4.81. The highest BCUT2D eigenvalue weighted by atomic mass is 127. The van der Waals surface area contributed by atoms with Crippen LogP contribution in [0.4, 0.5) is 5.13 Å². The molecule has 0 unspecified atom stereocenters. The van der Waals surface area contributed by atoms with E-state index in [0.29, 0.717) is 0 Å². The molecule has 0 aliphatic carbocycles. The van der Waals surface area contributed by atoms with Crippen molar-refractivity contribution in [2.75, 3.05) is 44.2 Å². The van der Waals surface area contributed by atoms with Crippen molar-refractivity contribution in [3.05, 3.63) is 21.9 Å². The van der Waals surface area contributed by atoms with Crippen molar-refractivity contribution in [1.82, 2.24) is 24.6 Å². The van der Waals surface area contributed by atoms with Gasteiger partial charge in [0.2, 0.25) is 5.13 Å². The fourth-order valence-corrected chi connectivity index (χ4v) is 4.30. The van der Waals surface area contributed by atoms with Gasteiger partial charge in [0, 0.05) is 69.0 Å². The summed E-state index contributed by atoms with van der Waals surface area (Å²) < 4.78 is 4.40. The summed E-state index contributed by atoms with van der Waals surface area (Å²) in [5.74, 6) is 1.95. The summed E-state index contributed by atoms with van der Waals surface area (Å²) in [6, 6.07) is 0. The number of aryl methyl sites for hydroxylation is 2. The van der Waals surface area contributed by atoms with Crippen molar-refractivity contribution in [2.45, 2.75) is 33.6 Å². The van der Waals surface area contributed by atoms with Gasteiger partial charge in [0.25, 0.3) is 0 Å². The lowest BCUT2D eigenvalue weighted by Crippen LogP contribution is -2.52. The normalized spacial score (nSPS) is 15.0. The number of thiazole rings is 1. The van der Waals surface area contributed by atoms with E-state index in [1.54, 1.807) is 11.3 Å². The second-order valence-electron chi connectivity index (χ2n) is 6.16. The van der Waals surface area contributed by atoms with Crippen LogP contribution >= 0.6 is 46.8 Å². The Morgan fingerprint density at radius 3 is 2.59 bits per heavy atom. The molecular weight excluding hydrogens is 493 g/mol. The zero-order chi connectivity index (χ0) is 18.4. The standard InChI is InChI=1S/C17H27N7S2.HI/c1-4-15-21-17(26-22-15)24-10-8-23(9-11-24)16(18-5-2)19-7-6-14-12-25-13(3)20-14;/h12H,4-11H2,1-3H3,(H,18,19);1H. The second kappa shape index (κ2) is 11.1. The van der Waals surface area contributed by atoms with Gasteiger partial charge in [-0.25, -0.2) is 9.97 Å². The molecule has 3 rings (SSSR count). The summed E-state index contributed by atoms with van der Waals surface area (Å²) in [5.41, 5.74) is 1.14. The number of nitrogens with one attached hydrogen (secondary N) is 1. The number of aliphatic imine (C=N–C) groups is 1. The SMILES string of the molecule is CCNC(=NCCc1csc(C)n1)N1CCN(c2nc(CC)ns2)CC1.I. The van der Waals surface area contributed by atoms with E-state index < -0.39 is 0 Å². The van der Waals surface area contributed by atoms with Crippen LogP contribution in [0.1, 0.15) is 30.4 Å². The van der Waals surface area contributed by atoms with Gasteiger partial charge in [0.1, 0.15) is 5.82 Å². The van der Waals surface area contributed by atoms with Crippen LogP contribution in [0.5, 0.6) is 0 Å². The number of rotatable bonds is 6. The molecule has 0 atom stereocenters. The Labute approximate surface area is 186 Å². The van der Waals surface area contributed by atoms with Crippen molar-refractivity contribution in [1.29, 1.82) is 0 Å². The minimum Gasteiger partial charge on any atom is -0.357 e. The van der Waals surface area contributed by atoms with Gasteiger partial charge in [0.15, 0.2) is 5.96 Å². The summed E-state index contributed by atoms with van der Waals surface area (Å²) in [6.07, 6.45) is 1.79. The number of hydrogen-bond donors (Lipinski definition) is 1. The van der Waals surface area contributed by atoms with E-state index in [9.17, 15) is 0 Å². The molecule has 1 N–H and O–H groups in total. The first-order valence-electron chi connectivity index (χ1n) is 9.21. The van der Waals surface area contributed by atoms with Crippen LogP contribution in [0.15, 0.2) is 10.4 Å². The van der Waals surface area contributed by atoms with Crippen molar-refractivity contribution in [3.8, 4) is 0 Å². The molecule has 1 aliphatic rings. The van der Waals surface area contributed by atoms with Gasteiger partial charge in [-0.3, -0.25) is 4.99 Å². The highest BCUT2D eigenvalue weighted by Crippen LogP contribution is 2.19. The Balaban J connectivity index is 0.00000261. The number of halogens is 1. The minimum absolute atomic E-state index is 0. The molecule has 1 fully saturated rings. The lowest BCUT2D eigenvalue weighted by molar-refractivity contribution is 0.372. The van der Waals surface area contributed by atoms with Gasteiger partial charge in [-0.05, 0) is 13.8 Å². The minimum atomic E-state index is 0. The number of guanidine groups is 1. The summed E-state index contributed by atoms with van der Waals surface area (Å²) in [4.78, 5) is 18.6. The van der Waals surface area contributed by atoms with E-state index in [-0.39, 0.29) is 24.0 Å². The fourth-order valence-electron chi connectivity index (χ4n) is 2.85. The van der Waals surface area contributed by atoms with Crippen LogP contribution in [-0.4, -0.2) is 64.5 Å². The van der Waals surface area contributed by atoms with Gasteiger partial charge < -0.3 is 15.1 Å². The predicted molar refractivity (Wildman–Crippen MR) is 125 cm³/mol. The third kappa shape index (κ3) is 6.24. The Hall–Kier alpha value is -1.01. The van der Waals surface area contributed by atoms with Crippen LogP contribution in [0.3, 0.4) is 0 Å². The van der Waals surface area contributed by atoms with E-state index >= 15 is 0 Å². The van der Waals surface area contributed by atoms with Crippen LogP contribution in [0.25, 0.3) is 0 Å². The van der Waals surface area contributed by atoms with Crippen molar-refractivity contribution >= 4 is 57.9 Å². The summed E-state index contributed by atoms with van der Waals surface area (Å²) in [7, 11) is 0. The number of aromatic nitrogens is 3. The first kappa shape index (κ1) is 22.3. The summed E-state index contributed by atoms with van der Waals surface area (Å²) in [5, 5.41) is 7.72. The predicted octanol–water partition coefficient (Wildman–Crippen LogP) is 2.81. The molecule has 1 aliphatic heterocycles. The zero-order valence-electron chi connectivity index (χ0n) is 16.1. The maximum atomic E-state index is 4.81. The number of anilines is 1. The quantitative estimate of drug-likeness (QED) is 0.358. The van der Waals surface area contributed by atoms with E-state index in [1.165, 1.54) is 11.5 Å². The van der Waals surface area contributed by atoms with Crippen LogP contribution in [0.2, 0.25) is 0 Å². The van der Waals surface area contributed by atoms with Gasteiger partial charge in [-0.1, -0.05) is 6.92 Å². The molecule has 150 valence electrons. The first-order valence-corrected chi connectivity index (χ1v) is 10.9. The van der Waals surface area contributed by atoms with E-state index in [2.05, 4.69) is 48.7 Å². The van der Waals surface area contributed by atoms with Crippen LogP contribution in [-0.2, 0) is 12.8 Å². The largest absolute Gasteiger partial charge is 0.357 e. The molecule has 0 saturated carbocycles. The smallest absolute Gasteiger partial charge is 0.205 e. The average molecular weight is 521 g/mol. The third-order valence-corrected chi connectivity index (χ3v) is 5.89. The molecule has 2 aromatic heterocycles. The molecule has 10 heteroatoms. The van der Waals surface area contributed by atoms with Gasteiger partial charge in [0.05, 0.1) is 10.7 Å². The molecule has 0 bridgehead atoms. The molecule has 0 aromatic carbocycles.